The van der Waals surface area contributed by atoms with Gasteiger partial charge in [-0.25, -0.2) is 0 Å². The van der Waals surface area contributed by atoms with Crippen LogP contribution >= 0.6 is 0 Å². The van der Waals surface area contributed by atoms with E-state index in [0.717, 1.165) is 0 Å². The number of nitrogens with zero attached hydrogens (tertiary/aromatic N) is 1. The number of aliphatic hydroxyl groups is 1. The number of amides is 1. The summed E-state index contributed by atoms with van der Waals surface area (Å²) >= 11 is 0. The van der Waals surface area contributed by atoms with Gasteiger partial charge in [-0.15, -0.1) is 0 Å². The lowest BCUT2D eigenvalue weighted by Gasteiger charge is -2.15. The third-order valence-electron chi connectivity index (χ3n) is 2.01. The van der Waals surface area contributed by atoms with Gasteiger partial charge in [0.05, 0.1) is 6.10 Å². The summed E-state index contributed by atoms with van der Waals surface area (Å²) in [5.74, 6) is -0.518. The number of alkyl halides is 3. The summed E-state index contributed by atoms with van der Waals surface area (Å²) in [6.45, 7) is -1.47. The average Bonchev–Trinajstić information content (AvgIpc) is 2.49. The summed E-state index contributed by atoms with van der Waals surface area (Å²) in [6.07, 6.45) is -4.52. The quantitative estimate of drug-likeness (QED) is 0.747. The van der Waals surface area contributed by atoms with E-state index in [-0.39, 0.29) is 6.54 Å². The Morgan fingerprint density at radius 3 is 2.67 bits per heavy atom. The number of likely N-dealkylation sites (tertiary alicyclic amines) is 1. The highest BCUT2D eigenvalue weighted by molar-refractivity contribution is 5.77. The van der Waals surface area contributed by atoms with Gasteiger partial charge in [-0.2, -0.15) is 13.2 Å². The maximum atomic E-state index is 11.7. The maximum absolute atomic E-state index is 11.7. The predicted molar refractivity (Wildman–Crippen MR) is 44.1 cm³/mol. The van der Waals surface area contributed by atoms with Crippen molar-refractivity contribution >= 4 is 5.91 Å². The van der Waals surface area contributed by atoms with Gasteiger partial charge in [-0.05, 0) is 6.42 Å². The van der Waals surface area contributed by atoms with Gasteiger partial charge in [0, 0.05) is 13.1 Å². The molecule has 0 aromatic carbocycles. The molecule has 88 valence electrons. The van der Waals surface area contributed by atoms with E-state index in [4.69, 9.17) is 5.11 Å². The number of hydrogen-bond acceptors (Lipinski definition) is 3. The first-order valence-electron chi connectivity index (χ1n) is 4.49. The lowest BCUT2D eigenvalue weighted by molar-refractivity contribution is -0.177. The molecule has 1 amide bonds. The second-order valence-corrected chi connectivity index (χ2v) is 3.39. The highest BCUT2D eigenvalue weighted by Gasteiger charge is 2.29. The molecule has 1 aliphatic heterocycles. The number of rotatable bonds is 3. The first-order chi connectivity index (χ1) is 6.88. The topological polar surface area (TPSA) is 49.8 Å². The van der Waals surface area contributed by atoms with Gasteiger partial charge in [0.25, 0.3) is 0 Å². The molecule has 1 fully saturated rings. The minimum Gasteiger partial charge on any atom is -0.391 e. The second-order valence-electron chi connectivity index (χ2n) is 3.39. The summed E-state index contributed by atoms with van der Waals surface area (Å²) in [5.41, 5.74) is 0. The van der Waals surface area contributed by atoms with Crippen molar-refractivity contribution in [3.8, 4) is 0 Å². The molecule has 0 saturated carbocycles. The van der Waals surface area contributed by atoms with Crippen LogP contribution in [-0.2, 0) is 9.53 Å². The third kappa shape index (κ3) is 4.48. The highest BCUT2D eigenvalue weighted by atomic mass is 19.4. The molecule has 1 unspecified atom stereocenters. The maximum Gasteiger partial charge on any atom is 0.411 e. The molecule has 0 bridgehead atoms. The molecule has 1 saturated heterocycles. The normalized spacial score (nSPS) is 22.1. The first kappa shape index (κ1) is 12.3. The van der Waals surface area contributed by atoms with E-state index in [9.17, 15) is 18.0 Å². The Kier molecular flexibility index (Phi) is 3.92. The predicted octanol–water partition coefficient (Wildman–Crippen LogP) is 0.159. The zero-order chi connectivity index (χ0) is 11.5. The van der Waals surface area contributed by atoms with Gasteiger partial charge in [-0.1, -0.05) is 0 Å². The van der Waals surface area contributed by atoms with E-state index in [1.54, 1.807) is 0 Å². The van der Waals surface area contributed by atoms with E-state index < -0.39 is 31.4 Å². The SMILES string of the molecule is O=C(COCC(F)(F)F)N1CCC(O)C1. The van der Waals surface area contributed by atoms with Crippen LogP contribution in [0.5, 0.6) is 0 Å². The highest BCUT2D eigenvalue weighted by Crippen LogP contribution is 2.15. The van der Waals surface area contributed by atoms with Crippen molar-refractivity contribution in [2.45, 2.75) is 18.7 Å². The van der Waals surface area contributed by atoms with Crippen LogP contribution in [0.2, 0.25) is 0 Å². The molecule has 1 rings (SSSR count). The van der Waals surface area contributed by atoms with E-state index in [0.29, 0.717) is 13.0 Å². The van der Waals surface area contributed by atoms with Gasteiger partial charge < -0.3 is 14.7 Å². The molecule has 7 heteroatoms. The summed E-state index contributed by atoms with van der Waals surface area (Å²) in [5, 5.41) is 9.09. The molecule has 15 heavy (non-hydrogen) atoms. The summed E-state index contributed by atoms with van der Waals surface area (Å²) < 4.78 is 39.2. The average molecular weight is 227 g/mol. The summed E-state index contributed by atoms with van der Waals surface area (Å²) in [6, 6.07) is 0. The Hall–Kier alpha value is -0.820. The van der Waals surface area contributed by atoms with E-state index in [1.165, 1.54) is 4.90 Å². The van der Waals surface area contributed by atoms with Crippen LogP contribution in [0.15, 0.2) is 0 Å². The molecule has 0 aliphatic carbocycles. The Morgan fingerprint density at radius 2 is 2.20 bits per heavy atom. The third-order valence-corrected chi connectivity index (χ3v) is 2.01. The Bertz CT molecular complexity index is 232. The van der Waals surface area contributed by atoms with Gasteiger partial charge in [-0.3, -0.25) is 4.79 Å². The zero-order valence-electron chi connectivity index (χ0n) is 7.96. The van der Waals surface area contributed by atoms with Gasteiger partial charge in [0.15, 0.2) is 0 Å². The standard InChI is InChI=1S/C8H12F3NO3/c9-8(10,11)5-15-4-7(14)12-2-1-6(13)3-12/h6,13H,1-5H2. The smallest absolute Gasteiger partial charge is 0.391 e. The van der Waals surface area contributed by atoms with Crippen molar-refractivity contribution < 1.29 is 27.8 Å². The van der Waals surface area contributed by atoms with Crippen LogP contribution in [0.1, 0.15) is 6.42 Å². The zero-order valence-corrected chi connectivity index (χ0v) is 7.96. The molecular weight excluding hydrogens is 215 g/mol. The molecule has 4 nitrogen and oxygen atoms in total. The molecule has 0 aromatic rings. The number of hydrogen-bond donors (Lipinski definition) is 1. The molecule has 1 atom stereocenters. The molecule has 1 aliphatic rings. The minimum absolute atomic E-state index is 0.175. The minimum atomic E-state index is -4.41. The summed E-state index contributed by atoms with van der Waals surface area (Å²) in [4.78, 5) is 12.5. The van der Waals surface area contributed by atoms with Crippen LogP contribution < -0.4 is 0 Å². The van der Waals surface area contributed by atoms with E-state index in [1.807, 2.05) is 0 Å². The van der Waals surface area contributed by atoms with Crippen molar-refractivity contribution in [1.29, 1.82) is 0 Å². The lowest BCUT2D eigenvalue weighted by atomic mass is 10.3. The first-order valence-corrected chi connectivity index (χ1v) is 4.49. The van der Waals surface area contributed by atoms with Crippen molar-refractivity contribution in [3.63, 3.8) is 0 Å². The Morgan fingerprint density at radius 1 is 1.53 bits per heavy atom. The van der Waals surface area contributed by atoms with Crippen LogP contribution in [0.25, 0.3) is 0 Å². The van der Waals surface area contributed by atoms with Gasteiger partial charge in [0.2, 0.25) is 5.91 Å². The number of ether oxygens (including phenoxy) is 1. The van der Waals surface area contributed by atoms with Gasteiger partial charge in [0.1, 0.15) is 13.2 Å². The fourth-order valence-corrected chi connectivity index (χ4v) is 1.31. The van der Waals surface area contributed by atoms with Crippen molar-refractivity contribution in [2.75, 3.05) is 26.3 Å². The van der Waals surface area contributed by atoms with Crippen LogP contribution in [0, 0.1) is 0 Å². The number of carbonyl (C=O) groups is 1. The molecule has 1 N–H and O–H groups in total. The summed E-state index contributed by atoms with van der Waals surface area (Å²) in [7, 11) is 0. The fourth-order valence-electron chi connectivity index (χ4n) is 1.31. The van der Waals surface area contributed by atoms with E-state index >= 15 is 0 Å². The Balaban J connectivity index is 2.19. The van der Waals surface area contributed by atoms with Crippen molar-refractivity contribution in [2.24, 2.45) is 0 Å². The number of β-amino-alcohol motifs (C(OH)–C–C–N with tert-alkyl or cyclic N) is 1. The second kappa shape index (κ2) is 4.80. The molecule has 0 aromatic heterocycles. The lowest BCUT2D eigenvalue weighted by Crippen LogP contribution is -2.33. The van der Waals surface area contributed by atoms with E-state index in [2.05, 4.69) is 4.74 Å². The van der Waals surface area contributed by atoms with Crippen molar-refractivity contribution in [3.05, 3.63) is 0 Å². The largest absolute Gasteiger partial charge is 0.411 e. The van der Waals surface area contributed by atoms with Crippen LogP contribution in [-0.4, -0.2) is 54.5 Å². The number of aliphatic hydroxyl groups excluding tert-OH is 1. The Labute approximate surface area is 84.6 Å². The van der Waals surface area contributed by atoms with Gasteiger partial charge >= 0.3 is 6.18 Å². The van der Waals surface area contributed by atoms with Crippen LogP contribution in [0.4, 0.5) is 13.2 Å². The number of carbonyl (C=O) groups excluding carboxylic acids is 1. The number of halogens is 3. The molecule has 0 radical (unpaired) electrons. The molecule has 0 spiro atoms. The van der Waals surface area contributed by atoms with Crippen LogP contribution in [0.3, 0.4) is 0 Å². The molecule has 1 heterocycles. The molecular formula is C8H12F3NO3. The fraction of sp³-hybridized carbons (Fsp3) is 0.875. The monoisotopic (exact) mass is 227 g/mol. The van der Waals surface area contributed by atoms with Crippen molar-refractivity contribution in [1.82, 2.24) is 4.90 Å².